The number of carbonyl (C=O) groups is 3. The van der Waals surface area contributed by atoms with Gasteiger partial charge in [0, 0.05) is 30.4 Å². The number of carbonyl (C=O) groups excluding carboxylic acids is 3. The number of amides is 3. The maximum atomic E-state index is 14.6. The second-order valence-electron chi connectivity index (χ2n) is 11.6. The Bertz CT molecular complexity index is 1780. The van der Waals surface area contributed by atoms with Gasteiger partial charge in [-0.3, -0.25) is 14.4 Å². The highest BCUT2D eigenvalue weighted by Gasteiger charge is 2.46. The number of benzene rings is 1. The summed E-state index contributed by atoms with van der Waals surface area (Å²) in [6.07, 6.45) is 4.87. The average Bonchev–Trinajstić information content (AvgIpc) is 3.41. The molecule has 0 saturated carbocycles. The standard InChI is InChI=1S/C34H34ClF3N6O5/c1-3-39-26-8-11-33(12-15-43(16-13-33)32(48)30-27(45)5-4-14-40-30)29(26)31(47)44(42-21(2)22-9-17-49-18-10-22)20-28(46)41-25-7-6-23(19-24(25)35)34(36,37)38/h3-9,11,14,19,39,45H,1,10,12-13,15-18,20H2,2H3,(H,41,46)/b42-21+. The fourth-order valence-corrected chi connectivity index (χ4v) is 6.20. The highest BCUT2D eigenvalue weighted by molar-refractivity contribution is 6.33. The summed E-state index contributed by atoms with van der Waals surface area (Å²) in [6, 6.07) is 5.44. The molecule has 3 aliphatic rings. The maximum absolute atomic E-state index is 14.6. The lowest BCUT2D eigenvalue weighted by atomic mass is 9.73. The summed E-state index contributed by atoms with van der Waals surface area (Å²) >= 11 is 6.08. The lowest BCUT2D eigenvalue weighted by Gasteiger charge is -2.40. The van der Waals surface area contributed by atoms with Gasteiger partial charge in [0.05, 0.1) is 40.8 Å². The first-order valence-electron chi connectivity index (χ1n) is 15.4. The number of alkyl halides is 3. The van der Waals surface area contributed by atoms with Crippen molar-refractivity contribution in [2.75, 3.05) is 38.2 Å². The molecule has 49 heavy (non-hydrogen) atoms. The highest BCUT2D eigenvalue weighted by Crippen LogP contribution is 2.46. The largest absolute Gasteiger partial charge is 0.505 e. The molecule has 0 atom stereocenters. The van der Waals surface area contributed by atoms with Crippen LogP contribution in [0.5, 0.6) is 5.75 Å². The summed E-state index contributed by atoms with van der Waals surface area (Å²) in [5, 5.41) is 20.9. The minimum Gasteiger partial charge on any atom is -0.505 e. The Hall–Kier alpha value is -4.95. The quantitative estimate of drug-likeness (QED) is 0.235. The number of pyridine rings is 1. The summed E-state index contributed by atoms with van der Waals surface area (Å²) < 4.78 is 44.9. The van der Waals surface area contributed by atoms with Crippen molar-refractivity contribution in [2.45, 2.75) is 32.4 Å². The molecule has 1 fully saturated rings. The van der Waals surface area contributed by atoms with E-state index in [1.807, 2.05) is 12.2 Å². The van der Waals surface area contributed by atoms with Gasteiger partial charge >= 0.3 is 6.18 Å². The Kier molecular flexibility index (Phi) is 10.6. The number of ether oxygens (including phenoxy) is 1. The van der Waals surface area contributed by atoms with E-state index in [0.717, 1.165) is 22.7 Å². The number of aromatic hydroxyl groups is 1. The third-order valence-corrected chi connectivity index (χ3v) is 8.85. The van der Waals surface area contributed by atoms with E-state index in [1.54, 1.807) is 17.9 Å². The molecule has 3 heterocycles. The van der Waals surface area contributed by atoms with Gasteiger partial charge in [-0.05, 0) is 74.4 Å². The number of hydrogen-bond acceptors (Lipinski definition) is 8. The number of likely N-dealkylation sites (tertiary alicyclic amines) is 1. The zero-order valence-corrected chi connectivity index (χ0v) is 27.3. The second-order valence-corrected chi connectivity index (χ2v) is 12.0. The van der Waals surface area contributed by atoms with Crippen molar-refractivity contribution in [1.82, 2.24) is 20.2 Å². The van der Waals surface area contributed by atoms with Gasteiger partial charge in [-0.25, -0.2) is 9.99 Å². The van der Waals surface area contributed by atoms with E-state index < -0.39 is 41.4 Å². The second kappa shape index (κ2) is 14.7. The number of nitrogens with one attached hydrogen (secondary N) is 2. The molecule has 1 aromatic carbocycles. The number of piperidine rings is 1. The van der Waals surface area contributed by atoms with Gasteiger partial charge in [0.15, 0.2) is 5.69 Å². The number of halogens is 4. The van der Waals surface area contributed by atoms with Gasteiger partial charge in [-0.2, -0.15) is 18.3 Å². The molecular weight excluding hydrogens is 665 g/mol. The number of rotatable bonds is 9. The zero-order valence-electron chi connectivity index (χ0n) is 26.5. The van der Waals surface area contributed by atoms with Crippen molar-refractivity contribution in [3.05, 3.63) is 101 Å². The van der Waals surface area contributed by atoms with Gasteiger partial charge < -0.3 is 25.4 Å². The third kappa shape index (κ3) is 7.86. The molecule has 5 rings (SSSR count). The van der Waals surface area contributed by atoms with Gasteiger partial charge in [0.25, 0.3) is 11.8 Å². The molecule has 3 N–H and O–H groups in total. The van der Waals surface area contributed by atoms with E-state index in [4.69, 9.17) is 16.3 Å². The SMILES string of the molecule is C=CNC1=C(C(=O)N(CC(=O)Nc2ccc(C(F)(F)F)cc2Cl)/N=C(\C)C2=CCOCC2)C2(C=C1)CCN(C(=O)c1ncccc1O)CC2. The molecule has 15 heteroatoms. The molecule has 0 bridgehead atoms. The normalized spacial score (nSPS) is 17.5. The molecule has 0 radical (unpaired) electrons. The first-order chi connectivity index (χ1) is 23.3. The molecule has 0 unspecified atom stereocenters. The smallest absolute Gasteiger partial charge is 0.416 e. The Labute approximate surface area is 285 Å². The van der Waals surface area contributed by atoms with Crippen LogP contribution in [0.3, 0.4) is 0 Å². The van der Waals surface area contributed by atoms with Crippen molar-refractivity contribution in [2.24, 2.45) is 10.5 Å². The summed E-state index contributed by atoms with van der Waals surface area (Å²) in [6.45, 7) is 6.13. The Balaban J connectivity index is 1.43. The predicted octanol–water partition coefficient (Wildman–Crippen LogP) is 5.43. The highest BCUT2D eigenvalue weighted by atomic mass is 35.5. The summed E-state index contributed by atoms with van der Waals surface area (Å²) in [5.74, 6) is -2.03. The molecule has 1 spiro atoms. The van der Waals surface area contributed by atoms with E-state index in [2.05, 4.69) is 27.3 Å². The molecule has 11 nitrogen and oxygen atoms in total. The van der Waals surface area contributed by atoms with E-state index in [0.29, 0.717) is 55.5 Å². The van der Waals surface area contributed by atoms with Crippen LogP contribution in [0, 0.1) is 5.41 Å². The van der Waals surface area contributed by atoms with Gasteiger partial charge in [-0.1, -0.05) is 30.3 Å². The third-order valence-electron chi connectivity index (χ3n) is 8.54. The molecule has 258 valence electrons. The van der Waals surface area contributed by atoms with Crippen LogP contribution in [0.2, 0.25) is 5.02 Å². The summed E-state index contributed by atoms with van der Waals surface area (Å²) in [4.78, 5) is 46.7. The molecule has 1 aliphatic carbocycles. The zero-order chi connectivity index (χ0) is 35.3. The average molecular weight is 699 g/mol. The van der Waals surface area contributed by atoms with Crippen LogP contribution < -0.4 is 10.6 Å². The molecule has 1 aromatic heterocycles. The number of nitrogens with zero attached hydrogens (tertiary/aromatic N) is 4. The van der Waals surface area contributed by atoms with E-state index in [9.17, 15) is 32.7 Å². The predicted molar refractivity (Wildman–Crippen MR) is 176 cm³/mol. The van der Waals surface area contributed by atoms with Gasteiger partial charge in [-0.15, -0.1) is 0 Å². The number of allylic oxidation sites excluding steroid dienone is 2. The van der Waals surface area contributed by atoms with E-state index >= 15 is 0 Å². The maximum Gasteiger partial charge on any atom is 0.416 e. The number of anilines is 1. The topological polar surface area (TPSA) is 136 Å². The van der Waals surface area contributed by atoms with Crippen molar-refractivity contribution in [1.29, 1.82) is 0 Å². The summed E-state index contributed by atoms with van der Waals surface area (Å²) in [7, 11) is 0. The number of hydrogen-bond donors (Lipinski definition) is 3. The fraction of sp³-hybridized carbons (Fsp3) is 0.324. The minimum absolute atomic E-state index is 0.0666. The molecule has 2 aliphatic heterocycles. The monoisotopic (exact) mass is 698 g/mol. The van der Waals surface area contributed by atoms with E-state index in [1.165, 1.54) is 24.5 Å². The first-order valence-corrected chi connectivity index (χ1v) is 15.8. The van der Waals surface area contributed by atoms with Crippen molar-refractivity contribution >= 4 is 40.7 Å². The fourth-order valence-electron chi connectivity index (χ4n) is 5.97. The Morgan fingerprint density at radius 2 is 2.00 bits per heavy atom. The molecule has 1 saturated heterocycles. The van der Waals surface area contributed by atoms with Crippen LogP contribution in [0.25, 0.3) is 0 Å². The number of hydrazone groups is 1. The molecule has 3 amide bonds. The van der Waals surface area contributed by atoms with Crippen LogP contribution in [-0.4, -0.2) is 76.3 Å². The number of aromatic nitrogens is 1. The molecule has 2 aromatic rings. The van der Waals surface area contributed by atoms with Crippen LogP contribution in [0.15, 0.2) is 89.5 Å². The van der Waals surface area contributed by atoms with Crippen LogP contribution in [0.4, 0.5) is 18.9 Å². The van der Waals surface area contributed by atoms with Crippen LogP contribution >= 0.6 is 11.6 Å². The molecular formula is C34H34ClF3N6O5. The van der Waals surface area contributed by atoms with Crippen molar-refractivity contribution < 1.29 is 37.4 Å². The van der Waals surface area contributed by atoms with Gasteiger partial charge in [0.1, 0.15) is 12.3 Å². The van der Waals surface area contributed by atoms with Gasteiger partial charge in [0.2, 0.25) is 5.91 Å². The lowest BCUT2D eigenvalue weighted by molar-refractivity contribution is -0.137. The minimum atomic E-state index is -4.62. The van der Waals surface area contributed by atoms with Crippen molar-refractivity contribution in [3.8, 4) is 5.75 Å². The van der Waals surface area contributed by atoms with E-state index in [-0.39, 0.29) is 35.2 Å². The Morgan fingerprint density at radius 1 is 1.24 bits per heavy atom. The first kappa shape index (κ1) is 35.4. The van der Waals surface area contributed by atoms with Crippen LogP contribution in [0.1, 0.15) is 42.2 Å². The summed E-state index contributed by atoms with van der Waals surface area (Å²) in [5.41, 5.74) is 0.0913. The Morgan fingerprint density at radius 3 is 2.63 bits per heavy atom. The van der Waals surface area contributed by atoms with Crippen LogP contribution in [-0.2, 0) is 20.5 Å². The van der Waals surface area contributed by atoms with Crippen molar-refractivity contribution in [3.63, 3.8) is 0 Å². The lowest BCUT2D eigenvalue weighted by Crippen LogP contribution is -2.46.